The number of amides is 1. The van der Waals surface area contributed by atoms with Crippen molar-refractivity contribution in [2.45, 2.75) is 38.8 Å². The molecule has 0 saturated heterocycles. The molecule has 0 fully saturated rings. The number of H-pyrrole nitrogens is 1. The van der Waals surface area contributed by atoms with Gasteiger partial charge in [-0.25, -0.2) is 9.59 Å². The molecule has 0 spiro atoms. The van der Waals surface area contributed by atoms with Crippen LogP contribution < -0.4 is 0 Å². The summed E-state index contributed by atoms with van der Waals surface area (Å²) in [6, 6.07) is 7.05. The Morgan fingerprint density at radius 2 is 1.92 bits per heavy atom. The highest BCUT2D eigenvalue weighted by Crippen LogP contribution is 2.21. The van der Waals surface area contributed by atoms with E-state index in [1.807, 2.05) is 30.5 Å². The van der Waals surface area contributed by atoms with Crippen molar-refractivity contribution in [3.63, 3.8) is 0 Å². The van der Waals surface area contributed by atoms with E-state index in [1.165, 1.54) is 12.0 Å². The third kappa shape index (κ3) is 4.07. The van der Waals surface area contributed by atoms with E-state index < -0.39 is 23.7 Å². The molecule has 2 aromatic rings. The fourth-order valence-corrected chi connectivity index (χ4v) is 2.48. The Morgan fingerprint density at radius 3 is 2.54 bits per heavy atom. The molecule has 0 saturated carbocycles. The number of hydrogen-bond acceptors (Lipinski definition) is 4. The lowest BCUT2D eigenvalue weighted by molar-refractivity contribution is -0.146. The summed E-state index contributed by atoms with van der Waals surface area (Å²) in [6.07, 6.45) is 1.63. The summed E-state index contributed by atoms with van der Waals surface area (Å²) < 4.78 is 10.2. The summed E-state index contributed by atoms with van der Waals surface area (Å²) >= 11 is 0. The van der Waals surface area contributed by atoms with Crippen LogP contribution in [-0.4, -0.2) is 47.7 Å². The fourth-order valence-electron chi connectivity index (χ4n) is 2.48. The largest absolute Gasteiger partial charge is 0.467 e. The number of rotatable bonds is 4. The number of likely N-dealkylation sites (N-methyl/N-ethyl adjacent to an activating group) is 1. The standard InChI is InChI=1S/C18H24N2O4/c1-18(2,3)24-17(22)20(4)15(16(21)23-5)10-12-11-19-14-9-7-6-8-13(12)14/h6-9,11,15,19H,10H2,1-5H3/t15-/m1/s1. The van der Waals surface area contributed by atoms with Crippen molar-refractivity contribution in [1.82, 2.24) is 9.88 Å². The monoisotopic (exact) mass is 332 g/mol. The van der Waals surface area contributed by atoms with E-state index in [0.717, 1.165) is 16.5 Å². The van der Waals surface area contributed by atoms with Crippen LogP contribution >= 0.6 is 0 Å². The first kappa shape index (κ1) is 17.8. The van der Waals surface area contributed by atoms with Gasteiger partial charge in [-0.2, -0.15) is 0 Å². The average molecular weight is 332 g/mol. The van der Waals surface area contributed by atoms with Gasteiger partial charge in [-0.1, -0.05) is 18.2 Å². The van der Waals surface area contributed by atoms with Crippen LogP contribution in [0.15, 0.2) is 30.5 Å². The van der Waals surface area contributed by atoms with Gasteiger partial charge >= 0.3 is 12.1 Å². The summed E-state index contributed by atoms with van der Waals surface area (Å²) in [5, 5.41) is 1.02. The summed E-state index contributed by atoms with van der Waals surface area (Å²) in [6.45, 7) is 5.35. The lowest BCUT2D eigenvalue weighted by Gasteiger charge is -2.29. The molecule has 1 amide bonds. The highest BCUT2D eigenvalue weighted by Gasteiger charge is 2.31. The van der Waals surface area contributed by atoms with Crippen LogP contribution in [-0.2, 0) is 20.7 Å². The van der Waals surface area contributed by atoms with Gasteiger partial charge in [0.05, 0.1) is 7.11 Å². The lowest BCUT2D eigenvalue weighted by Crippen LogP contribution is -2.46. The maximum Gasteiger partial charge on any atom is 0.410 e. The zero-order valence-electron chi connectivity index (χ0n) is 14.8. The second kappa shape index (κ2) is 6.95. The number of fused-ring (bicyclic) bond motifs is 1. The Kier molecular flexibility index (Phi) is 5.17. The van der Waals surface area contributed by atoms with E-state index in [4.69, 9.17) is 9.47 Å². The molecule has 0 aliphatic carbocycles. The minimum atomic E-state index is -0.760. The minimum Gasteiger partial charge on any atom is -0.467 e. The number of carbonyl (C=O) groups excluding carboxylic acids is 2. The molecule has 0 unspecified atom stereocenters. The summed E-state index contributed by atoms with van der Waals surface area (Å²) in [5.74, 6) is -0.478. The van der Waals surface area contributed by atoms with Crippen molar-refractivity contribution >= 4 is 23.0 Å². The van der Waals surface area contributed by atoms with Crippen LogP contribution in [0.1, 0.15) is 26.3 Å². The highest BCUT2D eigenvalue weighted by molar-refractivity contribution is 5.86. The van der Waals surface area contributed by atoms with Crippen molar-refractivity contribution in [3.05, 3.63) is 36.0 Å². The zero-order valence-corrected chi connectivity index (χ0v) is 14.8. The molecule has 1 aromatic heterocycles. The lowest BCUT2D eigenvalue weighted by atomic mass is 10.0. The Labute approximate surface area is 141 Å². The van der Waals surface area contributed by atoms with Crippen LogP contribution in [0.3, 0.4) is 0 Å². The molecule has 0 bridgehead atoms. The van der Waals surface area contributed by atoms with Gasteiger partial charge in [0.1, 0.15) is 11.6 Å². The van der Waals surface area contributed by atoms with Gasteiger partial charge in [-0.3, -0.25) is 4.90 Å². The minimum absolute atomic E-state index is 0.340. The number of carbonyl (C=O) groups is 2. The van der Waals surface area contributed by atoms with Gasteiger partial charge < -0.3 is 14.5 Å². The predicted molar refractivity (Wildman–Crippen MR) is 91.8 cm³/mol. The fraction of sp³-hybridized carbons (Fsp3) is 0.444. The van der Waals surface area contributed by atoms with Crippen molar-refractivity contribution in [2.75, 3.05) is 14.2 Å². The number of nitrogens with one attached hydrogen (secondary N) is 1. The van der Waals surface area contributed by atoms with Crippen molar-refractivity contribution in [1.29, 1.82) is 0 Å². The number of esters is 1. The number of aromatic nitrogens is 1. The van der Waals surface area contributed by atoms with Gasteiger partial charge in [0.2, 0.25) is 0 Å². The highest BCUT2D eigenvalue weighted by atomic mass is 16.6. The van der Waals surface area contributed by atoms with Crippen LogP contribution in [0, 0.1) is 0 Å². The van der Waals surface area contributed by atoms with Crippen LogP contribution in [0.5, 0.6) is 0 Å². The maximum absolute atomic E-state index is 12.3. The van der Waals surface area contributed by atoms with Crippen molar-refractivity contribution in [3.8, 4) is 0 Å². The number of methoxy groups -OCH3 is 1. The molecular formula is C18H24N2O4. The molecule has 6 heteroatoms. The molecule has 0 aliphatic heterocycles. The molecule has 2 rings (SSSR count). The smallest absolute Gasteiger partial charge is 0.410 e. The third-order valence-corrected chi connectivity index (χ3v) is 3.71. The molecule has 0 aliphatic rings. The van der Waals surface area contributed by atoms with Gasteiger partial charge in [0, 0.05) is 30.6 Å². The average Bonchev–Trinajstić information content (AvgIpc) is 2.92. The van der Waals surface area contributed by atoms with E-state index in [1.54, 1.807) is 27.8 Å². The molecule has 1 heterocycles. The Hall–Kier alpha value is -2.50. The van der Waals surface area contributed by atoms with Crippen LogP contribution in [0.2, 0.25) is 0 Å². The molecular weight excluding hydrogens is 308 g/mol. The Balaban J connectivity index is 2.25. The summed E-state index contributed by atoms with van der Waals surface area (Å²) in [7, 11) is 2.86. The quantitative estimate of drug-likeness (QED) is 0.873. The first-order valence-corrected chi connectivity index (χ1v) is 7.81. The second-order valence-corrected chi connectivity index (χ2v) is 6.69. The van der Waals surface area contributed by atoms with E-state index in [0.29, 0.717) is 6.42 Å². The van der Waals surface area contributed by atoms with Gasteiger partial charge in [-0.15, -0.1) is 0 Å². The number of para-hydroxylation sites is 1. The molecule has 0 radical (unpaired) electrons. The number of hydrogen-bond donors (Lipinski definition) is 1. The SMILES string of the molecule is COC(=O)[C@@H](Cc1c[nH]c2ccccc12)N(C)C(=O)OC(C)(C)C. The van der Waals surface area contributed by atoms with Crippen LogP contribution in [0.4, 0.5) is 4.79 Å². The first-order chi connectivity index (χ1) is 11.2. The Morgan fingerprint density at radius 1 is 1.25 bits per heavy atom. The van der Waals surface area contributed by atoms with E-state index >= 15 is 0 Å². The molecule has 1 aromatic carbocycles. The number of ether oxygens (including phenoxy) is 2. The number of benzene rings is 1. The van der Waals surface area contributed by atoms with Gasteiger partial charge in [-0.05, 0) is 32.4 Å². The summed E-state index contributed by atoms with van der Waals surface area (Å²) in [4.78, 5) is 29.0. The first-order valence-electron chi connectivity index (χ1n) is 7.81. The summed E-state index contributed by atoms with van der Waals surface area (Å²) in [5.41, 5.74) is 1.29. The maximum atomic E-state index is 12.3. The molecule has 1 N–H and O–H groups in total. The van der Waals surface area contributed by atoms with E-state index in [2.05, 4.69) is 4.98 Å². The molecule has 6 nitrogen and oxygen atoms in total. The van der Waals surface area contributed by atoms with E-state index in [-0.39, 0.29) is 0 Å². The van der Waals surface area contributed by atoms with Gasteiger partial charge in [0.15, 0.2) is 0 Å². The topological polar surface area (TPSA) is 71.6 Å². The molecule has 24 heavy (non-hydrogen) atoms. The van der Waals surface area contributed by atoms with E-state index in [9.17, 15) is 9.59 Å². The van der Waals surface area contributed by atoms with Crippen molar-refractivity contribution < 1.29 is 19.1 Å². The number of aromatic amines is 1. The predicted octanol–water partition coefficient (Wildman–Crippen LogP) is 3.12. The zero-order chi connectivity index (χ0) is 17.9. The molecule has 1 atom stereocenters. The Bertz CT molecular complexity index is 730. The second-order valence-electron chi connectivity index (χ2n) is 6.69. The molecule has 130 valence electrons. The number of nitrogens with zero attached hydrogens (tertiary/aromatic N) is 1. The van der Waals surface area contributed by atoms with Crippen molar-refractivity contribution in [2.24, 2.45) is 0 Å². The van der Waals surface area contributed by atoms with Gasteiger partial charge in [0.25, 0.3) is 0 Å². The normalized spacial score (nSPS) is 12.7. The van der Waals surface area contributed by atoms with Crippen LogP contribution in [0.25, 0.3) is 10.9 Å². The third-order valence-electron chi connectivity index (χ3n) is 3.71.